The van der Waals surface area contributed by atoms with Gasteiger partial charge in [0.15, 0.2) is 0 Å². The minimum atomic E-state index is -0.781. The van der Waals surface area contributed by atoms with Crippen LogP contribution in [0, 0.1) is 26.1 Å². The van der Waals surface area contributed by atoms with Gasteiger partial charge in [-0.3, -0.25) is 35.9 Å². The Labute approximate surface area is 203 Å². The van der Waals surface area contributed by atoms with Gasteiger partial charge in [-0.2, -0.15) is 5.10 Å². The molecule has 0 aliphatic carbocycles. The average molecular weight is 497 g/mol. The van der Waals surface area contributed by atoms with Gasteiger partial charge in [-0.25, -0.2) is 5.84 Å². The maximum Gasteiger partial charge on any atom is 0.299 e. The van der Waals surface area contributed by atoms with Crippen molar-refractivity contribution in [3.8, 4) is 0 Å². The second kappa shape index (κ2) is 14.8. The van der Waals surface area contributed by atoms with Crippen molar-refractivity contribution in [1.29, 1.82) is 0 Å². The smallest absolute Gasteiger partial charge is 0.299 e. The minimum Gasteiger partial charge on any atom is -0.320 e. The second-order valence-electron chi connectivity index (χ2n) is 7.60. The summed E-state index contributed by atoms with van der Waals surface area (Å²) in [5.74, 6) is 3.92. The zero-order valence-corrected chi connectivity index (χ0v) is 20.4. The Morgan fingerprint density at radius 3 is 2.29 bits per heavy atom. The molecule has 0 aliphatic rings. The SMILES string of the molecule is CCCCN(CCCC)C[C@H](C(=O)Nc1ccc([N+](=O)[O-])cc1[N+](=O)[O-])/C(C)=N/NC(=S)NN. The number of nitrogens with two attached hydrogens (primary N) is 1. The Hall–Kier alpha value is -3.23. The lowest BCUT2D eigenvalue weighted by Crippen LogP contribution is -2.42. The number of anilines is 1. The molecular formula is C20H32N8O5S. The summed E-state index contributed by atoms with van der Waals surface area (Å²) in [5, 5.41) is 29.2. The van der Waals surface area contributed by atoms with Crippen molar-refractivity contribution < 1.29 is 14.6 Å². The number of hydrogen-bond acceptors (Lipinski definition) is 9. The van der Waals surface area contributed by atoms with Crippen molar-refractivity contribution in [3.05, 3.63) is 38.4 Å². The van der Waals surface area contributed by atoms with Gasteiger partial charge >= 0.3 is 0 Å². The molecule has 1 aromatic rings. The van der Waals surface area contributed by atoms with Crippen LogP contribution in [0.5, 0.6) is 0 Å². The maximum absolute atomic E-state index is 13.3. The number of hydrogen-bond donors (Lipinski definition) is 4. The monoisotopic (exact) mass is 496 g/mol. The van der Waals surface area contributed by atoms with Crippen LogP contribution >= 0.6 is 12.2 Å². The highest BCUT2D eigenvalue weighted by Crippen LogP contribution is 2.29. The molecule has 0 radical (unpaired) electrons. The van der Waals surface area contributed by atoms with Gasteiger partial charge in [0.1, 0.15) is 5.69 Å². The quantitative estimate of drug-likeness (QED) is 0.0982. The largest absolute Gasteiger partial charge is 0.320 e. The molecule has 0 spiro atoms. The fourth-order valence-electron chi connectivity index (χ4n) is 3.08. The topological polar surface area (TPSA) is 181 Å². The van der Waals surface area contributed by atoms with Crippen LogP contribution in [-0.2, 0) is 4.79 Å². The number of benzene rings is 1. The van der Waals surface area contributed by atoms with Crippen molar-refractivity contribution >= 4 is 46.0 Å². The minimum absolute atomic E-state index is 0.0540. The first-order valence-corrected chi connectivity index (χ1v) is 11.3. The maximum atomic E-state index is 13.3. The molecule has 1 amide bonds. The number of non-ortho nitro benzene ring substituents is 1. The third kappa shape index (κ3) is 9.33. The molecule has 188 valence electrons. The summed E-state index contributed by atoms with van der Waals surface area (Å²) in [5.41, 5.74) is 4.00. The van der Waals surface area contributed by atoms with Crippen molar-refractivity contribution in [1.82, 2.24) is 15.8 Å². The normalized spacial score (nSPS) is 12.2. The lowest BCUT2D eigenvalue weighted by atomic mass is 10.0. The Morgan fingerprint density at radius 1 is 1.18 bits per heavy atom. The van der Waals surface area contributed by atoms with Gasteiger partial charge in [-0.15, -0.1) is 0 Å². The Kier molecular flexibility index (Phi) is 12.6. The summed E-state index contributed by atoms with van der Waals surface area (Å²) >= 11 is 4.92. The lowest BCUT2D eigenvalue weighted by molar-refractivity contribution is -0.393. The summed E-state index contributed by atoms with van der Waals surface area (Å²) in [6, 6.07) is 3.06. The van der Waals surface area contributed by atoms with Crippen LogP contribution in [0.4, 0.5) is 17.1 Å². The molecule has 13 nitrogen and oxygen atoms in total. The Morgan fingerprint density at radius 2 is 1.79 bits per heavy atom. The molecule has 1 atom stereocenters. The zero-order chi connectivity index (χ0) is 25.7. The van der Waals surface area contributed by atoms with Crippen molar-refractivity contribution in [3.63, 3.8) is 0 Å². The molecule has 0 saturated carbocycles. The first kappa shape index (κ1) is 28.8. The van der Waals surface area contributed by atoms with Gasteiger partial charge in [-0.05, 0) is 51.1 Å². The van der Waals surface area contributed by atoms with Crippen LogP contribution in [0.25, 0.3) is 0 Å². The summed E-state index contributed by atoms with van der Waals surface area (Å²) in [6.45, 7) is 7.67. The van der Waals surface area contributed by atoms with E-state index < -0.39 is 33.0 Å². The van der Waals surface area contributed by atoms with Crippen molar-refractivity contribution in [2.75, 3.05) is 25.0 Å². The number of unbranched alkanes of at least 4 members (excludes halogenated alkanes) is 2. The highest BCUT2D eigenvalue weighted by Gasteiger charge is 2.28. The van der Waals surface area contributed by atoms with Gasteiger partial charge in [0.2, 0.25) is 11.0 Å². The van der Waals surface area contributed by atoms with E-state index in [4.69, 9.17) is 18.1 Å². The summed E-state index contributed by atoms with van der Waals surface area (Å²) < 4.78 is 0. The number of hydrazine groups is 1. The van der Waals surface area contributed by atoms with Gasteiger partial charge < -0.3 is 10.2 Å². The molecule has 0 aliphatic heterocycles. The van der Waals surface area contributed by atoms with Gasteiger partial charge in [-0.1, -0.05) is 26.7 Å². The third-order valence-electron chi connectivity index (χ3n) is 5.03. The number of carbonyl (C=O) groups is 1. The van der Waals surface area contributed by atoms with Crippen molar-refractivity contribution in [2.45, 2.75) is 46.5 Å². The predicted octanol–water partition coefficient (Wildman–Crippen LogP) is 2.67. The van der Waals surface area contributed by atoms with E-state index in [1.807, 2.05) is 0 Å². The molecule has 0 bridgehead atoms. The fourth-order valence-corrected chi connectivity index (χ4v) is 3.13. The summed E-state index contributed by atoms with van der Waals surface area (Å²) in [6.07, 6.45) is 3.86. The number of nitrogens with zero attached hydrogens (tertiary/aromatic N) is 4. The van der Waals surface area contributed by atoms with E-state index in [-0.39, 0.29) is 10.8 Å². The molecule has 1 aromatic carbocycles. The molecule has 0 fully saturated rings. The van der Waals surface area contributed by atoms with E-state index in [0.29, 0.717) is 12.3 Å². The van der Waals surface area contributed by atoms with Gasteiger partial charge in [0, 0.05) is 18.3 Å². The number of nitrogens with one attached hydrogen (secondary N) is 3. The number of hydrazone groups is 1. The van der Waals surface area contributed by atoms with E-state index in [0.717, 1.165) is 57.0 Å². The number of carbonyl (C=O) groups excluding carboxylic acids is 1. The number of amides is 1. The number of rotatable bonds is 14. The summed E-state index contributed by atoms with van der Waals surface area (Å²) in [4.78, 5) is 36.4. The molecule has 1 rings (SSSR count). The molecule has 0 unspecified atom stereocenters. The Bertz CT molecular complexity index is 903. The highest BCUT2D eigenvalue weighted by atomic mass is 32.1. The van der Waals surface area contributed by atoms with E-state index in [1.54, 1.807) is 6.92 Å². The van der Waals surface area contributed by atoms with E-state index in [1.165, 1.54) is 0 Å². The zero-order valence-electron chi connectivity index (χ0n) is 19.6. The van der Waals surface area contributed by atoms with Crippen LogP contribution in [0.2, 0.25) is 0 Å². The molecule has 0 aromatic heterocycles. The first-order valence-electron chi connectivity index (χ1n) is 10.9. The molecule has 0 saturated heterocycles. The third-order valence-corrected chi connectivity index (χ3v) is 5.24. The highest BCUT2D eigenvalue weighted by molar-refractivity contribution is 7.80. The second-order valence-corrected chi connectivity index (χ2v) is 8.01. The number of nitro benzene ring substituents is 2. The predicted molar refractivity (Wildman–Crippen MR) is 134 cm³/mol. The molecule has 5 N–H and O–H groups in total. The summed E-state index contributed by atoms with van der Waals surface area (Å²) in [7, 11) is 0. The Balaban J connectivity index is 3.26. The van der Waals surface area contributed by atoms with Crippen LogP contribution < -0.4 is 22.0 Å². The fraction of sp³-hybridized carbons (Fsp3) is 0.550. The average Bonchev–Trinajstić information content (AvgIpc) is 2.81. The van der Waals surface area contributed by atoms with Gasteiger partial charge in [0.05, 0.1) is 21.8 Å². The van der Waals surface area contributed by atoms with Gasteiger partial charge in [0.25, 0.3) is 11.4 Å². The van der Waals surface area contributed by atoms with Crippen LogP contribution in [0.15, 0.2) is 23.3 Å². The molecule has 0 heterocycles. The van der Waals surface area contributed by atoms with E-state index >= 15 is 0 Å². The van der Waals surface area contributed by atoms with E-state index in [9.17, 15) is 25.0 Å². The first-order chi connectivity index (χ1) is 16.1. The number of nitro groups is 2. The van der Waals surface area contributed by atoms with Crippen LogP contribution in [-0.4, -0.2) is 51.1 Å². The van der Waals surface area contributed by atoms with E-state index in [2.05, 4.69) is 40.0 Å². The molecule has 14 heteroatoms. The number of thiocarbonyl (C=S) groups is 1. The van der Waals surface area contributed by atoms with Crippen LogP contribution in [0.3, 0.4) is 0 Å². The van der Waals surface area contributed by atoms with Crippen LogP contribution in [0.1, 0.15) is 46.5 Å². The van der Waals surface area contributed by atoms with Crippen molar-refractivity contribution in [2.24, 2.45) is 16.9 Å². The molecular weight excluding hydrogens is 464 g/mol. The standard InChI is InChI=1S/C20H32N8O5S/c1-4-6-10-26(11-7-5-2)13-16(14(3)24-25-20(34)23-21)19(29)22-17-9-8-15(27(30)31)12-18(17)28(32)33/h8-9,12,16H,4-7,10-11,13,21H2,1-3H3,(H,22,29)(H2,23,25,34)/b24-14+/t16-/m0/s1. The lowest BCUT2D eigenvalue weighted by Gasteiger charge is -2.27. The molecule has 34 heavy (non-hydrogen) atoms.